The Kier molecular flexibility index (Phi) is 17.0. The third-order valence-corrected chi connectivity index (χ3v) is 10.2. The minimum absolute atomic E-state index is 0. The maximum atomic E-state index is 6.52. The first-order valence-corrected chi connectivity index (χ1v) is 15.0. The fourth-order valence-electron chi connectivity index (χ4n) is 7.67. The molecule has 0 amide bonds. The lowest BCUT2D eigenvalue weighted by Gasteiger charge is -2.49. The predicted molar refractivity (Wildman–Crippen MR) is 169 cm³/mol. The van der Waals surface area contributed by atoms with Crippen molar-refractivity contribution in [1.82, 2.24) is 10.2 Å². The molecule has 1 saturated heterocycles. The van der Waals surface area contributed by atoms with Crippen LogP contribution in [-0.2, 0) is 0 Å². The van der Waals surface area contributed by atoms with Crippen molar-refractivity contribution in [1.29, 1.82) is 0 Å². The first-order valence-electron chi connectivity index (χ1n) is 14.6. The molecule has 6 atom stereocenters. The molecule has 1 saturated carbocycles. The molecule has 0 aromatic heterocycles. The van der Waals surface area contributed by atoms with E-state index in [-0.39, 0.29) is 23.9 Å². The van der Waals surface area contributed by atoms with Gasteiger partial charge in [-0.15, -0.1) is 0 Å². The number of hydrogen-bond donors (Lipinski definition) is 2. The standard InChI is InChI=1S/C31H52ClN3.CH4.3H2O/c1-22(2)30(34-19-23-8-7-9-25(18-23)27-10-5-6-11-29(27)33)20-35-17-16-28(31(3,4)21-35)24-12-14-26(32)15-13-24;;;;/h7-9,14,22,24-25,27-30,34H,5-6,10-13,15-21,33H2,1-4H3;1H4;3*1H2/t24?,25?,27?,28-,29?,30+;;;;/m1..../s1. The molecule has 2 fully saturated rings. The van der Waals surface area contributed by atoms with E-state index >= 15 is 0 Å². The van der Waals surface area contributed by atoms with Gasteiger partial charge in [0.1, 0.15) is 0 Å². The van der Waals surface area contributed by atoms with Crippen LogP contribution in [0, 0.1) is 35.0 Å². The number of rotatable bonds is 8. The van der Waals surface area contributed by atoms with Crippen molar-refractivity contribution in [2.45, 2.75) is 105 Å². The second-order valence-electron chi connectivity index (χ2n) is 13.2. The van der Waals surface area contributed by atoms with Crippen molar-refractivity contribution in [3.8, 4) is 0 Å². The van der Waals surface area contributed by atoms with Crippen LogP contribution in [0.15, 0.2) is 34.9 Å². The van der Waals surface area contributed by atoms with Crippen LogP contribution in [-0.4, -0.2) is 59.6 Å². The molecule has 7 heteroatoms. The third kappa shape index (κ3) is 10.2. The number of likely N-dealkylation sites (tertiary alicyclic amines) is 1. The minimum atomic E-state index is 0. The van der Waals surface area contributed by atoms with Crippen LogP contribution in [0.25, 0.3) is 0 Å². The highest BCUT2D eigenvalue weighted by Gasteiger charge is 2.40. The number of hydrogen-bond acceptors (Lipinski definition) is 3. The summed E-state index contributed by atoms with van der Waals surface area (Å²) in [6.45, 7) is 14.4. The molecule has 1 aliphatic heterocycles. The summed E-state index contributed by atoms with van der Waals surface area (Å²) in [6.07, 6.45) is 20.6. The van der Waals surface area contributed by atoms with Gasteiger partial charge >= 0.3 is 0 Å². The average molecular weight is 572 g/mol. The fourth-order valence-corrected chi connectivity index (χ4v) is 7.87. The Balaban J connectivity index is 0.00000361. The van der Waals surface area contributed by atoms with E-state index in [1.165, 1.54) is 64.5 Å². The number of allylic oxidation sites excluding steroid dienone is 5. The van der Waals surface area contributed by atoms with Gasteiger partial charge in [0.05, 0.1) is 0 Å². The molecule has 230 valence electrons. The lowest BCUT2D eigenvalue weighted by Crippen LogP contribution is -2.53. The Morgan fingerprint density at radius 2 is 1.82 bits per heavy atom. The van der Waals surface area contributed by atoms with Crippen molar-refractivity contribution in [2.24, 2.45) is 40.7 Å². The minimum Gasteiger partial charge on any atom is -0.412 e. The Hall–Kier alpha value is -0.730. The van der Waals surface area contributed by atoms with E-state index in [1.807, 2.05) is 0 Å². The molecule has 4 unspecified atom stereocenters. The van der Waals surface area contributed by atoms with Crippen molar-refractivity contribution in [2.75, 3.05) is 26.2 Å². The lowest BCUT2D eigenvalue weighted by atomic mass is 9.65. The third-order valence-electron chi connectivity index (χ3n) is 9.82. The van der Waals surface area contributed by atoms with Gasteiger partial charge in [-0.1, -0.05) is 89.4 Å². The fraction of sp³-hybridized carbons (Fsp3) is 0.812. The number of nitrogens with one attached hydrogen (secondary N) is 1. The molecule has 0 spiro atoms. The van der Waals surface area contributed by atoms with Gasteiger partial charge < -0.3 is 32.4 Å². The monoisotopic (exact) mass is 571 g/mol. The number of nitrogens with two attached hydrogens (primary N) is 1. The van der Waals surface area contributed by atoms with Crippen LogP contribution in [0.2, 0.25) is 0 Å². The zero-order chi connectivity index (χ0) is 25.0. The lowest BCUT2D eigenvalue weighted by molar-refractivity contribution is 0.0120. The Morgan fingerprint density at radius 3 is 2.44 bits per heavy atom. The first kappa shape index (κ1) is 38.3. The highest BCUT2D eigenvalue weighted by molar-refractivity contribution is 6.29. The smallest absolute Gasteiger partial charge is 0.0221 e. The second kappa shape index (κ2) is 17.3. The van der Waals surface area contributed by atoms with Gasteiger partial charge in [-0.25, -0.2) is 0 Å². The van der Waals surface area contributed by atoms with Crippen LogP contribution in [0.1, 0.15) is 92.9 Å². The first-order chi connectivity index (χ1) is 16.7. The molecule has 0 aromatic rings. The van der Waals surface area contributed by atoms with Gasteiger partial charge in [0.15, 0.2) is 0 Å². The summed E-state index contributed by atoms with van der Waals surface area (Å²) in [5.41, 5.74) is 8.45. The predicted octanol–water partition coefficient (Wildman–Crippen LogP) is 5.05. The van der Waals surface area contributed by atoms with Crippen LogP contribution >= 0.6 is 11.6 Å². The van der Waals surface area contributed by atoms with Crippen molar-refractivity contribution >= 4 is 11.6 Å². The molecular weight excluding hydrogens is 510 g/mol. The Bertz CT molecular complexity index is 798. The number of halogens is 1. The molecule has 9 N–H and O–H groups in total. The van der Waals surface area contributed by atoms with E-state index in [2.05, 4.69) is 62.2 Å². The molecular formula is C32H62ClN3O3. The summed E-state index contributed by atoms with van der Waals surface area (Å²) in [5.74, 6) is 3.55. The van der Waals surface area contributed by atoms with Crippen LogP contribution in [0.4, 0.5) is 0 Å². The van der Waals surface area contributed by atoms with E-state index < -0.39 is 0 Å². The average Bonchev–Trinajstić information content (AvgIpc) is 2.82. The maximum Gasteiger partial charge on any atom is 0.0221 e. The van der Waals surface area contributed by atoms with Crippen molar-refractivity contribution in [3.05, 3.63) is 34.9 Å². The summed E-state index contributed by atoms with van der Waals surface area (Å²) >= 11 is 6.27. The normalized spacial score (nSPS) is 31.4. The van der Waals surface area contributed by atoms with Gasteiger partial charge in [0.25, 0.3) is 0 Å². The molecule has 4 rings (SSSR count). The van der Waals surface area contributed by atoms with Gasteiger partial charge in [-0.2, -0.15) is 0 Å². The van der Waals surface area contributed by atoms with Crippen molar-refractivity contribution < 1.29 is 16.4 Å². The molecule has 4 aliphatic rings. The topological polar surface area (TPSA) is 136 Å². The molecule has 39 heavy (non-hydrogen) atoms. The molecule has 3 aliphatic carbocycles. The van der Waals surface area contributed by atoms with Crippen LogP contribution < -0.4 is 11.1 Å². The Morgan fingerprint density at radius 1 is 1.10 bits per heavy atom. The maximum absolute atomic E-state index is 6.52. The highest BCUT2D eigenvalue weighted by Crippen LogP contribution is 2.45. The number of nitrogens with zero attached hydrogens (tertiary/aromatic N) is 1. The summed E-state index contributed by atoms with van der Waals surface area (Å²) < 4.78 is 0. The van der Waals surface area contributed by atoms with Crippen LogP contribution in [0.5, 0.6) is 0 Å². The largest absolute Gasteiger partial charge is 0.412 e. The van der Waals surface area contributed by atoms with Crippen LogP contribution in [0.3, 0.4) is 0 Å². The quantitative estimate of drug-likeness (QED) is 0.421. The summed E-state index contributed by atoms with van der Waals surface area (Å²) in [5, 5.41) is 5.06. The zero-order valence-corrected chi connectivity index (χ0v) is 25.2. The highest BCUT2D eigenvalue weighted by atomic mass is 35.5. The molecule has 6 nitrogen and oxygen atoms in total. The van der Waals surface area contributed by atoms with E-state index in [0.29, 0.717) is 35.3 Å². The molecule has 0 bridgehead atoms. The van der Waals surface area contributed by atoms with Crippen molar-refractivity contribution in [3.63, 3.8) is 0 Å². The summed E-state index contributed by atoms with van der Waals surface area (Å²) in [6, 6.07) is 0.919. The van der Waals surface area contributed by atoms with E-state index in [1.54, 1.807) is 5.57 Å². The van der Waals surface area contributed by atoms with Gasteiger partial charge in [-0.3, -0.25) is 0 Å². The van der Waals surface area contributed by atoms with E-state index in [9.17, 15) is 0 Å². The van der Waals surface area contributed by atoms with Gasteiger partial charge in [0.2, 0.25) is 0 Å². The second-order valence-corrected chi connectivity index (χ2v) is 13.7. The SMILES string of the molecule is C.CC(C)[C@H](CN1CC[C@H](C2CC=C(Cl)CC2)C(C)(C)C1)NCC1=CC=CC(C2CCCCC2N)C1.O.O.O. The molecule has 1 heterocycles. The summed E-state index contributed by atoms with van der Waals surface area (Å²) in [4.78, 5) is 2.75. The van der Waals surface area contributed by atoms with E-state index in [0.717, 1.165) is 36.4 Å². The molecule has 0 aromatic carbocycles. The number of piperidine rings is 1. The Labute approximate surface area is 244 Å². The molecule has 0 radical (unpaired) electrons. The van der Waals surface area contributed by atoms with E-state index in [4.69, 9.17) is 17.3 Å². The van der Waals surface area contributed by atoms with Gasteiger partial charge in [0, 0.05) is 36.8 Å². The summed E-state index contributed by atoms with van der Waals surface area (Å²) in [7, 11) is 0. The zero-order valence-electron chi connectivity index (χ0n) is 24.4. The van der Waals surface area contributed by atoms with Gasteiger partial charge in [-0.05, 0) is 86.5 Å².